The summed E-state index contributed by atoms with van der Waals surface area (Å²) in [7, 11) is 2.10. The second-order valence-corrected chi connectivity index (χ2v) is 8.94. The van der Waals surface area contributed by atoms with Gasteiger partial charge in [-0.2, -0.15) is 0 Å². The minimum absolute atomic E-state index is 0.0560. The molecule has 1 atom stereocenters. The van der Waals surface area contributed by atoms with Crippen molar-refractivity contribution < 1.29 is 9.21 Å². The predicted octanol–water partition coefficient (Wildman–Crippen LogP) is 5.16. The Morgan fingerprint density at radius 3 is 2.93 bits per heavy atom. The normalized spacial score (nSPS) is 19.0. The lowest BCUT2D eigenvalue weighted by atomic mass is 10.0. The summed E-state index contributed by atoms with van der Waals surface area (Å²) in [6.07, 6.45) is 0.472. The van der Waals surface area contributed by atoms with Crippen molar-refractivity contribution in [1.82, 2.24) is 10.2 Å². The molecule has 0 unspecified atom stereocenters. The van der Waals surface area contributed by atoms with E-state index in [4.69, 9.17) is 27.6 Å². The molecule has 5 nitrogen and oxygen atoms in total. The number of rotatable bonds is 2. The summed E-state index contributed by atoms with van der Waals surface area (Å²) in [6, 6.07) is 9.09. The predicted molar refractivity (Wildman–Crippen MR) is 112 cm³/mol. The van der Waals surface area contributed by atoms with Gasteiger partial charge in [-0.3, -0.25) is 4.79 Å². The van der Waals surface area contributed by atoms with Crippen LogP contribution in [0.15, 0.2) is 34.7 Å². The Morgan fingerprint density at radius 1 is 1.21 bits per heavy atom. The molecule has 2 aliphatic heterocycles. The van der Waals surface area contributed by atoms with Crippen molar-refractivity contribution in [3.8, 4) is 11.3 Å². The van der Waals surface area contributed by atoms with Gasteiger partial charge in [0.1, 0.15) is 16.5 Å². The maximum absolute atomic E-state index is 12.8. The van der Waals surface area contributed by atoms with Crippen molar-refractivity contribution in [1.29, 1.82) is 0 Å². The molecule has 1 amide bonds. The fraction of sp³-hybridized carbons (Fsp3) is 0.250. The molecular weight excluding hydrogens is 417 g/mol. The van der Waals surface area contributed by atoms with Crippen LogP contribution in [-0.2, 0) is 13.0 Å². The summed E-state index contributed by atoms with van der Waals surface area (Å²) in [5.41, 5.74) is 2.68. The van der Waals surface area contributed by atoms with E-state index in [1.807, 2.05) is 24.3 Å². The largest absolute Gasteiger partial charge is 0.457 e. The Balaban J connectivity index is 1.46. The number of benzene rings is 1. The number of carbonyl (C=O) groups excluding carboxylic acids is 1. The highest BCUT2D eigenvalue weighted by Crippen LogP contribution is 2.41. The van der Waals surface area contributed by atoms with Crippen LogP contribution >= 0.6 is 34.5 Å². The minimum Gasteiger partial charge on any atom is -0.457 e. The Labute approximate surface area is 176 Å². The van der Waals surface area contributed by atoms with Gasteiger partial charge >= 0.3 is 0 Å². The van der Waals surface area contributed by atoms with E-state index in [0.29, 0.717) is 21.6 Å². The number of nitrogens with zero attached hydrogens (tertiary/aromatic N) is 1. The molecule has 8 heteroatoms. The molecule has 144 valence electrons. The summed E-state index contributed by atoms with van der Waals surface area (Å²) in [4.78, 5) is 16.3. The third kappa shape index (κ3) is 2.92. The van der Waals surface area contributed by atoms with E-state index < -0.39 is 6.17 Å². The lowest BCUT2D eigenvalue weighted by Gasteiger charge is -2.26. The maximum Gasteiger partial charge on any atom is 0.256 e. The number of furan rings is 1. The van der Waals surface area contributed by atoms with Gasteiger partial charge in [-0.25, -0.2) is 0 Å². The number of fused-ring (bicyclic) bond motifs is 3. The van der Waals surface area contributed by atoms with Gasteiger partial charge in [0, 0.05) is 23.5 Å². The van der Waals surface area contributed by atoms with Gasteiger partial charge in [0.2, 0.25) is 0 Å². The molecular formula is C20H17Cl2N3O2S. The van der Waals surface area contributed by atoms with Gasteiger partial charge in [-0.05, 0) is 43.3 Å². The Bertz CT molecular complexity index is 1090. The average Bonchev–Trinajstić information content (AvgIpc) is 3.28. The van der Waals surface area contributed by atoms with Crippen molar-refractivity contribution in [2.75, 3.05) is 18.9 Å². The number of thiophene rings is 1. The third-order valence-electron chi connectivity index (χ3n) is 5.15. The zero-order chi connectivity index (χ0) is 19.4. The highest BCUT2D eigenvalue weighted by atomic mass is 35.5. The van der Waals surface area contributed by atoms with Crippen molar-refractivity contribution in [3.05, 3.63) is 62.1 Å². The smallest absolute Gasteiger partial charge is 0.256 e. The van der Waals surface area contributed by atoms with Crippen LogP contribution in [0.4, 0.5) is 5.00 Å². The number of halogens is 2. The molecule has 2 aliphatic rings. The highest BCUT2D eigenvalue weighted by molar-refractivity contribution is 7.16. The number of hydrogen-bond donors (Lipinski definition) is 2. The molecule has 4 heterocycles. The van der Waals surface area contributed by atoms with Crippen LogP contribution in [0, 0.1) is 0 Å². The first kappa shape index (κ1) is 18.1. The number of nitrogens with one attached hydrogen (secondary N) is 2. The van der Waals surface area contributed by atoms with Crippen LogP contribution in [0.25, 0.3) is 11.3 Å². The molecule has 0 saturated heterocycles. The molecule has 28 heavy (non-hydrogen) atoms. The van der Waals surface area contributed by atoms with E-state index in [1.54, 1.807) is 17.4 Å². The summed E-state index contributed by atoms with van der Waals surface area (Å²) in [6.45, 7) is 1.85. The summed E-state index contributed by atoms with van der Waals surface area (Å²) in [5.74, 6) is 1.17. The summed E-state index contributed by atoms with van der Waals surface area (Å²) < 4.78 is 6.00. The highest BCUT2D eigenvalue weighted by Gasteiger charge is 2.34. The number of amides is 1. The second-order valence-electron chi connectivity index (χ2n) is 7.05. The van der Waals surface area contributed by atoms with E-state index in [2.05, 4.69) is 22.6 Å². The molecule has 2 N–H and O–H groups in total. The van der Waals surface area contributed by atoms with E-state index in [9.17, 15) is 4.79 Å². The van der Waals surface area contributed by atoms with Gasteiger partial charge in [0.05, 0.1) is 15.6 Å². The first-order valence-electron chi connectivity index (χ1n) is 8.96. The second kappa shape index (κ2) is 6.81. The van der Waals surface area contributed by atoms with E-state index in [-0.39, 0.29) is 5.91 Å². The van der Waals surface area contributed by atoms with E-state index in [1.165, 1.54) is 10.4 Å². The first-order chi connectivity index (χ1) is 13.5. The zero-order valence-electron chi connectivity index (χ0n) is 15.0. The molecule has 0 fully saturated rings. The van der Waals surface area contributed by atoms with Crippen molar-refractivity contribution in [2.24, 2.45) is 0 Å². The van der Waals surface area contributed by atoms with Crippen LogP contribution < -0.4 is 10.6 Å². The summed E-state index contributed by atoms with van der Waals surface area (Å²) >= 11 is 14.1. The molecule has 1 aromatic carbocycles. The van der Waals surface area contributed by atoms with Gasteiger partial charge in [0.25, 0.3) is 5.91 Å². The van der Waals surface area contributed by atoms with Gasteiger partial charge < -0.3 is 20.0 Å². The van der Waals surface area contributed by atoms with Crippen molar-refractivity contribution >= 4 is 45.4 Å². The fourth-order valence-electron chi connectivity index (χ4n) is 3.73. The van der Waals surface area contributed by atoms with Crippen molar-refractivity contribution in [3.63, 3.8) is 0 Å². The van der Waals surface area contributed by atoms with Gasteiger partial charge in [0.15, 0.2) is 6.17 Å². The monoisotopic (exact) mass is 433 g/mol. The molecule has 0 radical (unpaired) electrons. The average molecular weight is 434 g/mol. The van der Waals surface area contributed by atoms with Crippen LogP contribution in [0.5, 0.6) is 0 Å². The van der Waals surface area contributed by atoms with E-state index in [0.717, 1.165) is 35.6 Å². The standard InChI is InChI=1S/C20H17Cl2N3O2S/c1-25-8-7-11-15(9-25)28-20-16(11)19(26)23-18(24-20)14-6-5-13(27-14)10-3-2-4-12(21)17(10)22/h2-6,18,24H,7-9H2,1H3,(H,23,26)/t18-/m1/s1. The Hall–Kier alpha value is -1.99. The third-order valence-corrected chi connectivity index (χ3v) is 7.12. The lowest BCUT2D eigenvalue weighted by Crippen LogP contribution is -2.38. The SMILES string of the molecule is CN1CCc2c(sc3c2C(=O)N[C@@H](c2ccc(-c4cccc(Cl)c4Cl)o2)N3)C1. The molecule has 5 rings (SSSR count). The van der Waals surface area contributed by atoms with Gasteiger partial charge in [-0.1, -0.05) is 29.3 Å². The summed E-state index contributed by atoms with van der Waals surface area (Å²) in [5, 5.41) is 8.27. The number of anilines is 1. The molecule has 2 aromatic heterocycles. The zero-order valence-corrected chi connectivity index (χ0v) is 17.3. The van der Waals surface area contributed by atoms with E-state index >= 15 is 0 Å². The quantitative estimate of drug-likeness (QED) is 0.585. The molecule has 0 spiro atoms. The van der Waals surface area contributed by atoms with Crippen LogP contribution in [0.2, 0.25) is 10.0 Å². The molecule has 3 aromatic rings. The van der Waals surface area contributed by atoms with Gasteiger partial charge in [-0.15, -0.1) is 11.3 Å². The van der Waals surface area contributed by atoms with Crippen molar-refractivity contribution in [2.45, 2.75) is 19.1 Å². The molecule has 0 saturated carbocycles. The Morgan fingerprint density at radius 2 is 2.07 bits per heavy atom. The van der Waals surface area contributed by atoms with Crippen LogP contribution in [0.3, 0.4) is 0 Å². The number of likely N-dealkylation sites (N-methyl/N-ethyl adjacent to an activating group) is 1. The van der Waals surface area contributed by atoms with Crippen LogP contribution in [0.1, 0.15) is 32.7 Å². The maximum atomic E-state index is 12.8. The topological polar surface area (TPSA) is 57.5 Å². The minimum atomic E-state index is -0.426. The van der Waals surface area contributed by atoms with Crippen LogP contribution in [-0.4, -0.2) is 24.4 Å². The first-order valence-corrected chi connectivity index (χ1v) is 10.5. The number of hydrogen-bond acceptors (Lipinski definition) is 5. The lowest BCUT2D eigenvalue weighted by molar-refractivity contribution is 0.0930. The molecule has 0 aliphatic carbocycles. The fourth-order valence-corrected chi connectivity index (χ4v) is 5.48. The number of carbonyl (C=O) groups is 1. The molecule has 0 bridgehead atoms. The Kier molecular flexibility index (Phi) is 4.39.